The van der Waals surface area contributed by atoms with E-state index in [9.17, 15) is 4.39 Å². The lowest BCUT2D eigenvalue weighted by Gasteiger charge is -2.18. The summed E-state index contributed by atoms with van der Waals surface area (Å²) in [5.74, 6) is -0.373. The second-order valence-electron chi connectivity index (χ2n) is 4.84. The van der Waals surface area contributed by atoms with E-state index in [-0.39, 0.29) is 16.9 Å². The van der Waals surface area contributed by atoms with E-state index in [4.69, 9.17) is 22.7 Å². The van der Waals surface area contributed by atoms with Crippen molar-refractivity contribution >= 4 is 17.2 Å². The van der Waals surface area contributed by atoms with E-state index in [2.05, 4.69) is 4.90 Å². The molecule has 0 bridgehead atoms. The summed E-state index contributed by atoms with van der Waals surface area (Å²) in [6.45, 7) is 6.22. The van der Waals surface area contributed by atoms with E-state index in [1.165, 1.54) is 6.07 Å². The quantitative estimate of drug-likeness (QED) is 0.780. The van der Waals surface area contributed by atoms with Crippen LogP contribution in [-0.2, 0) is 11.3 Å². The molecule has 0 saturated heterocycles. The average molecular weight is 284 g/mol. The third kappa shape index (κ3) is 5.63. The smallest absolute Gasteiger partial charge is 0.133 e. The minimum atomic E-state index is -0.373. The number of benzene rings is 1. The number of hydrogen-bond acceptors (Lipinski definition) is 3. The van der Waals surface area contributed by atoms with E-state index < -0.39 is 0 Å². The monoisotopic (exact) mass is 284 g/mol. The van der Waals surface area contributed by atoms with E-state index in [0.29, 0.717) is 18.7 Å². The first-order valence-corrected chi connectivity index (χ1v) is 6.69. The molecule has 0 amide bonds. The molecule has 0 aliphatic carbocycles. The van der Waals surface area contributed by atoms with Crippen molar-refractivity contribution in [3.8, 4) is 0 Å². The van der Waals surface area contributed by atoms with Crippen LogP contribution in [-0.4, -0.2) is 36.2 Å². The Hall–Kier alpha value is -1.04. The van der Waals surface area contributed by atoms with Crippen molar-refractivity contribution in [3.63, 3.8) is 0 Å². The molecule has 0 aliphatic heterocycles. The molecule has 1 aromatic carbocycles. The number of nitrogens with zero attached hydrogens (tertiary/aromatic N) is 1. The van der Waals surface area contributed by atoms with Crippen molar-refractivity contribution in [1.29, 1.82) is 0 Å². The number of thiocarbonyl (C=S) groups is 1. The highest BCUT2D eigenvalue weighted by Gasteiger charge is 2.08. The third-order valence-electron chi connectivity index (χ3n) is 2.67. The van der Waals surface area contributed by atoms with Crippen molar-refractivity contribution in [1.82, 2.24) is 4.90 Å². The molecule has 1 aromatic rings. The second-order valence-corrected chi connectivity index (χ2v) is 5.28. The predicted octanol–water partition coefficient (Wildman–Crippen LogP) is 2.32. The molecule has 0 fully saturated rings. The molecule has 1 rings (SSSR count). The fraction of sp³-hybridized carbons (Fsp3) is 0.500. The molecule has 0 aliphatic rings. The van der Waals surface area contributed by atoms with Crippen LogP contribution in [0, 0.1) is 5.82 Å². The van der Waals surface area contributed by atoms with Gasteiger partial charge in [-0.2, -0.15) is 0 Å². The van der Waals surface area contributed by atoms with Crippen LogP contribution in [0.1, 0.15) is 25.0 Å². The maximum absolute atomic E-state index is 13.4. The maximum atomic E-state index is 13.4. The van der Waals surface area contributed by atoms with Gasteiger partial charge in [0.15, 0.2) is 0 Å². The molecular weight excluding hydrogens is 263 g/mol. The Balaban J connectivity index is 2.57. The molecular formula is C14H21FN2OS. The minimum Gasteiger partial charge on any atom is -0.389 e. The fourth-order valence-electron chi connectivity index (χ4n) is 1.69. The molecule has 0 aromatic heterocycles. The molecule has 0 heterocycles. The topological polar surface area (TPSA) is 38.5 Å². The Morgan fingerprint density at radius 2 is 2.16 bits per heavy atom. The van der Waals surface area contributed by atoms with Gasteiger partial charge in [0, 0.05) is 18.7 Å². The van der Waals surface area contributed by atoms with Gasteiger partial charge in [-0.25, -0.2) is 4.39 Å². The Morgan fingerprint density at radius 1 is 1.47 bits per heavy atom. The number of nitrogens with two attached hydrogens (primary N) is 1. The van der Waals surface area contributed by atoms with Crippen LogP contribution in [0.25, 0.3) is 0 Å². The van der Waals surface area contributed by atoms with E-state index in [1.807, 2.05) is 20.9 Å². The molecule has 0 radical (unpaired) electrons. The third-order valence-corrected chi connectivity index (χ3v) is 2.89. The van der Waals surface area contributed by atoms with Crippen molar-refractivity contribution in [2.75, 3.05) is 20.2 Å². The van der Waals surface area contributed by atoms with Crippen LogP contribution in [0.5, 0.6) is 0 Å². The average Bonchev–Trinajstić information content (AvgIpc) is 2.30. The normalized spacial score (nSPS) is 11.3. The van der Waals surface area contributed by atoms with Crippen LogP contribution < -0.4 is 5.73 Å². The molecule has 3 nitrogen and oxygen atoms in total. The Morgan fingerprint density at radius 3 is 2.74 bits per heavy atom. The van der Waals surface area contributed by atoms with Crippen molar-refractivity contribution < 1.29 is 9.13 Å². The SMILES string of the molecule is CC(C)OCCN(C)Cc1ccc(F)c(C(N)=S)c1. The van der Waals surface area contributed by atoms with Gasteiger partial charge >= 0.3 is 0 Å². The standard InChI is InChI=1S/C14H21FN2OS/c1-10(2)18-7-6-17(3)9-11-4-5-13(15)12(8-11)14(16)19/h4-5,8,10H,6-7,9H2,1-3H3,(H2,16,19). The summed E-state index contributed by atoms with van der Waals surface area (Å²) in [6, 6.07) is 4.86. The van der Waals surface area contributed by atoms with Crippen molar-refractivity contribution in [2.45, 2.75) is 26.5 Å². The van der Waals surface area contributed by atoms with Crippen LogP contribution in [0.3, 0.4) is 0 Å². The number of halogens is 1. The lowest BCUT2D eigenvalue weighted by Crippen LogP contribution is -2.24. The van der Waals surface area contributed by atoms with Gasteiger partial charge in [-0.1, -0.05) is 18.3 Å². The van der Waals surface area contributed by atoms with Gasteiger partial charge in [-0.3, -0.25) is 4.90 Å². The molecule has 5 heteroatoms. The highest BCUT2D eigenvalue weighted by atomic mass is 32.1. The zero-order chi connectivity index (χ0) is 14.4. The molecule has 2 N–H and O–H groups in total. The summed E-state index contributed by atoms with van der Waals surface area (Å²) in [5.41, 5.74) is 6.77. The van der Waals surface area contributed by atoms with Gasteiger partial charge in [0.2, 0.25) is 0 Å². The lowest BCUT2D eigenvalue weighted by atomic mass is 10.1. The summed E-state index contributed by atoms with van der Waals surface area (Å²) in [7, 11) is 1.99. The fourth-order valence-corrected chi connectivity index (χ4v) is 1.85. The van der Waals surface area contributed by atoms with Gasteiger partial charge in [0.1, 0.15) is 10.8 Å². The van der Waals surface area contributed by atoms with Gasteiger partial charge in [0.05, 0.1) is 12.7 Å². The number of ether oxygens (including phenoxy) is 1. The maximum Gasteiger partial charge on any atom is 0.133 e. The summed E-state index contributed by atoms with van der Waals surface area (Å²) in [6.07, 6.45) is 0.237. The Kier molecular flexibility index (Phi) is 6.34. The van der Waals surface area contributed by atoms with Crippen molar-refractivity contribution in [2.24, 2.45) is 5.73 Å². The van der Waals surface area contributed by atoms with Crippen molar-refractivity contribution in [3.05, 3.63) is 35.1 Å². The molecule has 19 heavy (non-hydrogen) atoms. The van der Waals surface area contributed by atoms with Crippen LogP contribution in [0.15, 0.2) is 18.2 Å². The van der Waals surface area contributed by atoms with Gasteiger partial charge in [0.25, 0.3) is 0 Å². The first kappa shape index (κ1) is 16.0. The summed E-state index contributed by atoms with van der Waals surface area (Å²) in [4.78, 5) is 2.20. The zero-order valence-corrected chi connectivity index (χ0v) is 12.5. The Labute approximate surface area is 119 Å². The zero-order valence-electron chi connectivity index (χ0n) is 11.6. The second kappa shape index (κ2) is 7.53. The first-order valence-electron chi connectivity index (χ1n) is 6.28. The molecule has 0 saturated carbocycles. The molecule has 0 spiro atoms. The minimum absolute atomic E-state index is 0.0881. The molecule has 106 valence electrons. The number of rotatable bonds is 7. The summed E-state index contributed by atoms with van der Waals surface area (Å²) >= 11 is 4.83. The highest BCUT2D eigenvalue weighted by molar-refractivity contribution is 7.80. The van der Waals surface area contributed by atoms with E-state index in [1.54, 1.807) is 12.1 Å². The summed E-state index contributed by atoms with van der Waals surface area (Å²) < 4.78 is 18.9. The van der Waals surface area contributed by atoms with Gasteiger partial charge < -0.3 is 10.5 Å². The Bertz CT molecular complexity index is 437. The van der Waals surface area contributed by atoms with Crippen LogP contribution in [0.2, 0.25) is 0 Å². The predicted molar refractivity (Wildman–Crippen MR) is 79.7 cm³/mol. The number of hydrogen-bond donors (Lipinski definition) is 1. The van der Waals surface area contributed by atoms with Gasteiger partial charge in [-0.15, -0.1) is 0 Å². The summed E-state index contributed by atoms with van der Waals surface area (Å²) in [5, 5.41) is 0. The first-order chi connectivity index (χ1) is 8.90. The van der Waals surface area contributed by atoms with Gasteiger partial charge in [-0.05, 0) is 38.6 Å². The molecule has 0 unspecified atom stereocenters. The molecule has 0 atom stereocenters. The van der Waals surface area contributed by atoms with Crippen LogP contribution in [0.4, 0.5) is 4.39 Å². The largest absolute Gasteiger partial charge is 0.389 e. The van der Waals surface area contributed by atoms with E-state index in [0.717, 1.165) is 12.1 Å². The van der Waals surface area contributed by atoms with E-state index >= 15 is 0 Å². The lowest BCUT2D eigenvalue weighted by molar-refractivity contribution is 0.0627. The highest BCUT2D eigenvalue weighted by Crippen LogP contribution is 2.12. The van der Waals surface area contributed by atoms with Crippen LogP contribution >= 0.6 is 12.2 Å². The number of likely N-dealkylation sites (N-methyl/N-ethyl adjacent to an activating group) is 1.